The highest BCUT2D eigenvalue weighted by atomic mass is 35.5. The quantitative estimate of drug-likeness (QED) is 0.780. The van der Waals surface area contributed by atoms with Gasteiger partial charge >= 0.3 is 0 Å². The van der Waals surface area contributed by atoms with Gasteiger partial charge in [-0.25, -0.2) is 13.1 Å². The molecule has 0 atom stereocenters. The lowest BCUT2D eigenvalue weighted by Gasteiger charge is -2.16. The molecule has 1 fully saturated rings. The Morgan fingerprint density at radius 3 is 2.63 bits per heavy atom. The van der Waals surface area contributed by atoms with Crippen LogP contribution < -0.4 is 10.9 Å². The van der Waals surface area contributed by atoms with Gasteiger partial charge in [-0.1, -0.05) is 29.3 Å². The molecule has 27 heavy (non-hydrogen) atoms. The third kappa shape index (κ3) is 4.32. The van der Waals surface area contributed by atoms with Gasteiger partial charge in [0.2, 0.25) is 15.9 Å². The smallest absolute Gasteiger partial charge is 0.287 e. The maximum absolute atomic E-state index is 12.6. The molecule has 144 valence electrons. The molecule has 2 aromatic rings. The molecule has 0 radical (unpaired) electrons. The molecule has 8 nitrogen and oxygen atoms in total. The van der Waals surface area contributed by atoms with Gasteiger partial charge in [0.05, 0.1) is 16.1 Å². The highest BCUT2D eigenvalue weighted by Crippen LogP contribution is 2.23. The van der Waals surface area contributed by atoms with Gasteiger partial charge in [-0.05, 0) is 31.0 Å². The molecule has 1 aliphatic heterocycles. The first-order valence-electron chi connectivity index (χ1n) is 8.10. The zero-order chi connectivity index (χ0) is 19.6. The number of nitrogens with zero attached hydrogens (tertiary/aromatic N) is 3. The van der Waals surface area contributed by atoms with Crippen LogP contribution in [0.25, 0.3) is 0 Å². The number of hydrogen-bond donors (Lipinski definition) is 1. The number of nitrogens with one attached hydrogen (secondary N) is 1. The van der Waals surface area contributed by atoms with Crippen molar-refractivity contribution in [1.82, 2.24) is 14.1 Å². The molecule has 1 aromatic heterocycles. The summed E-state index contributed by atoms with van der Waals surface area (Å²) in [5.74, 6) is -0.557. The van der Waals surface area contributed by atoms with Crippen molar-refractivity contribution in [2.75, 3.05) is 18.4 Å². The average Bonchev–Trinajstić information content (AvgIpc) is 3.18. The number of sulfonamides is 1. The van der Waals surface area contributed by atoms with Crippen LogP contribution in [0, 0.1) is 0 Å². The predicted molar refractivity (Wildman–Crippen MR) is 102 cm³/mol. The minimum atomic E-state index is -3.59. The zero-order valence-corrected chi connectivity index (χ0v) is 16.4. The van der Waals surface area contributed by atoms with Crippen LogP contribution in [0.2, 0.25) is 10.0 Å². The second-order valence-corrected chi connectivity index (χ2v) is 8.68. The van der Waals surface area contributed by atoms with Crippen LogP contribution >= 0.6 is 23.2 Å². The summed E-state index contributed by atoms with van der Waals surface area (Å²) in [5, 5.41) is 6.09. The minimum absolute atomic E-state index is 0.00172. The SMILES string of the molecule is O=C(Cn1ncc(Cl)c(Cl)c1=O)Nc1cccc(S(=O)(=O)N2CCCC2)c1. The zero-order valence-electron chi connectivity index (χ0n) is 14.1. The van der Waals surface area contributed by atoms with E-state index in [1.165, 1.54) is 22.6 Å². The third-order valence-electron chi connectivity index (χ3n) is 4.06. The summed E-state index contributed by atoms with van der Waals surface area (Å²) in [7, 11) is -3.59. The average molecular weight is 431 g/mol. The molecule has 1 aliphatic rings. The Bertz CT molecular complexity index is 1030. The van der Waals surface area contributed by atoms with E-state index in [2.05, 4.69) is 10.4 Å². The Labute approximate surface area is 165 Å². The maximum atomic E-state index is 12.6. The Balaban J connectivity index is 1.76. The summed E-state index contributed by atoms with van der Waals surface area (Å²) < 4.78 is 27.5. The maximum Gasteiger partial charge on any atom is 0.287 e. The molecule has 2 heterocycles. The molecule has 1 amide bonds. The van der Waals surface area contributed by atoms with Gasteiger partial charge in [0.1, 0.15) is 11.6 Å². The number of anilines is 1. The van der Waals surface area contributed by atoms with Gasteiger partial charge in [-0.15, -0.1) is 0 Å². The molecular formula is C16H16Cl2N4O4S. The van der Waals surface area contributed by atoms with Crippen molar-refractivity contribution in [3.8, 4) is 0 Å². The number of rotatable bonds is 5. The lowest BCUT2D eigenvalue weighted by Crippen LogP contribution is -2.30. The lowest BCUT2D eigenvalue weighted by molar-refractivity contribution is -0.117. The first-order chi connectivity index (χ1) is 12.8. The summed E-state index contributed by atoms with van der Waals surface area (Å²) in [6, 6.07) is 5.97. The molecule has 1 saturated heterocycles. The fourth-order valence-electron chi connectivity index (χ4n) is 2.71. The molecule has 11 heteroatoms. The predicted octanol–water partition coefficient (Wildman–Crippen LogP) is 1.97. The summed E-state index contributed by atoms with van der Waals surface area (Å²) in [6.45, 7) is 0.592. The van der Waals surface area contributed by atoms with Crippen molar-refractivity contribution in [2.45, 2.75) is 24.3 Å². The highest BCUT2D eigenvalue weighted by molar-refractivity contribution is 7.89. The van der Waals surface area contributed by atoms with Gasteiger partial charge in [0, 0.05) is 18.8 Å². The number of hydrogen-bond acceptors (Lipinski definition) is 5. The summed E-state index contributed by atoms with van der Waals surface area (Å²) >= 11 is 11.4. The van der Waals surface area contributed by atoms with Crippen LogP contribution in [0.4, 0.5) is 5.69 Å². The topological polar surface area (TPSA) is 101 Å². The summed E-state index contributed by atoms with van der Waals surface area (Å²) in [5.41, 5.74) is -0.391. The first kappa shape index (κ1) is 19.8. The van der Waals surface area contributed by atoms with Crippen molar-refractivity contribution in [3.05, 3.63) is 50.9 Å². The van der Waals surface area contributed by atoms with Crippen LogP contribution in [0.5, 0.6) is 0 Å². The van der Waals surface area contributed by atoms with Crippen molar-refractivity contribution >= 4 is 44.8 Å². The van der Waals surface area contributed by atoms with E-state index in [1.54, 1.807) is 12.1 Å². The summed E-state index contributed by atoms with van der Waals surface area (Å²) in [6.07, 6.45) is 2.84. The number of halogens is 2. The molecule has 0 bridgehead atoms. The third-order valence-corrected chi connectivity index (χ3v) is 6.70. The van der Waals surface area contributed by atoms with Crippen LogP contribution in [0.15, 0.2) is 40.2 Å². The standard InChI is InChI=1S/C16H16Cl2N4O4S/c17-13-9-19-22(16(24)15(13)18)10-14(23)20-11-4-3-5-12(8-11)27(25,26)21-6-1-2-7-21/h3-5,8-9H,1-2,6-7,10H2,(H,20,23). The van der Waals surface area contributed by atoms with E-state index in [1.807, 2.05) is 0 Å². The normalized spacial score (nSPS) is 15.0. The monoisotopic (exact) mass is 430 g/mol. The Morgan fingerprint density at radius 2 is 1.93 bits per heavy atom. The van der Waals surface area contributed by atoms with Crippen LogP contribution in [-0.4, -0.2) is 41.5 Å². The lowest BCUT2D eigenvalue weighted by atomic mass is 10.3. The molecule has 0 saturated carbocycles. The van der Waals surface area contributed by atoms with E-state index in [0.29, 0.717) is 18.8 Å². The largest absolute Gasteiger partial charge is 0.324 e. The van der Waals surface area contributed by atoms with E-state index in [9.17, 15) is 18.0 Å². The number of benzene rings is 1. The van der Waals surface area contributed by atoms with Crippen molar-refractivity contribution in [1.29, 1.82) is 0 Å². The van der Waals surface area contributed by atoms with Gasteiger partial charge in [0.25, 0.3) is 5.56 Å². The second-order valence-electron chi connectivity index (χ2n) is 5.96. The molecule has 0 spiro atoms. The molecule has 1 N–H and O–H groups in total. The van der Waals surface area contributed by atoms with Gasteiger partial charge < -0.3 is 5.32 Å². The van der Waals surface area contributed by atoms with Crippen molar-refractivity contribution in [2.24, 2.45) is 0 Å². The number of aromatic nitrogens is 2. The van der Waals surface area contributed by atoms with E-state index in [4.69, 9.17) is 23.2 Å². The second kappa shape index (κ2) is 7.97. The van der Waals surface area contributed by atoms with Gasteiger partial charge in [-0.3, -0.25) is 9.59 Å². The summed E-state index contributed by atoms with van der Waals surface area (Å²) in [4.78, 5) is 24.2. The van der Waals surface area contributed by atoms with E-state index in [-0.39, 0.29) is 14.9 Å². The Morgan fingerprint density at radius 1 is 1.22 bits per heavy atom. The molecule has 0 aliphatic carbocycles. The Kier molecular flexibility index (Phi) is 5.85. The van der Waals surface area contributed by atoms with E-state index in [0.717, 1.165) is 17.5 Å². The van der Waals surface area contributed by atoms with Gasteiger partial charge in [0.15, 0.2) is 0 Å². The van der Waals surface area contributed by atoms with Crippen LogP contribution in [0.3, 0.4) is 0 Å². The molecule has 1 aromatic carbocycles. The minimum Gasteiger partial charge on any atom is -0.324 e. The molecule has 0 unspecified atom stereocenters. The first-order valence-corrected chi connectivity index (χ1v) is 10.3. The van der Waals surface area contributed by atoms with Gasteiger partial charge in [-0.2, -0.15) is 9.40 Å². The Hall–Kier alpha value is -1.94. The number of carbonyl (C=O) groups is 1. The van der Waals surface area contributed by atoms with E-state index < -0.39 is 28.0 Å². The van der Waals surface area contributed by atoms with Crippen molar-refractivity contribution < 1.29 is 13.2 Å². The highest BCUT2D eigenvalue weighted by Gasteiger charge is 2.27. The van der Waals surface area contributed by atoms with Crippen molar-refractivity contribution in [3.63, 3.8) is 0 Å². The van der Waals surface area contributed by atoms with Crippen LogP contribution in [0.1, 0.15) is 12.8 Å². The number of amides is 1. The molecular weight excluding hydrogens is 415 g/mol. The number of carbonyl (C=O) groups excluding carboxylic acids is 1. The fourth-order valence-corrected chi connectivity index (χ4v) is 4.54. The fraction of sp³-hybridized carbons (Fsp3) is 0.312. The van der Waals surface area contributed by atoms with Crippen LogP contribution in [-0.2, 0) is 21.4 Å². The van der Waals surface area contributed by atoms with E-state index >= 15 is 0 Å². The molecule has 3 rings (SSSR count).